The number of sulfonamides is 1. The van der Waals surface area contributed by atoms with Crippen molar-refractivity contribution in [2.75, 3.05) is 19.3 Å². The average Bonchev–Trinajstić information content (AvgIpc) is 3.25. The first kappa shape index (κ1) is 23.8. The van der Waals surface area contributed by atoms with Gasteiger partial charge in [-0.15, -0.1) is 0 Å². The van der Waals surface area contributed by atoms with Crippen LogP contribution in [0, 0.1) is 17.5 Å². The molecule has 1 unspecified atom stereocenters. The lowest BCUT2D eigenvalue weighted by Gasteiger charge is -2.17. The summed E-state index contributed by atoms with van der Waals surface area (Å²) in [7, 11) is -3.87. The number of hydrogen-bond donors (Lipinski definition) is 1. The highest BCUT2D eigenvalue weighted by Gasteiger charge is 2.51. The van der Waals surface area contributed by atoms with E-state index in [1.165, 1.54) is 17.2 Å². The molecule has 2 aliphatic rings. The molecule has 3 heterocycles. The third-order valence-corrected chi connectivity index (χ3v) is 6.30. The lowest BCUT2D eigenvalue weighted by Crippen LogP contribution is -2.46. The standard InChI is InChI=1S/C19H16BrF5N4O3S/c1-33(30,31)28-15-7-29(8-19(15,24)25)16-5-14(32-27-16)18-11(2-9(20)6-26-18)17-12(22)3-10(21)4-13(17)23/h2-4,6,14-15,28H,5,7-8H2,1H3/t14?,15-/m1/s1. The minimum atomic E-state index is -3.87. The fourth-order valence-electron chi connectivity index (χ4n) is 3.77. The first-order valence-electron chi connectivity index (χ1n) is 9.47. The van der Waals surface area contributed by atoms with Gasteiger partial charge in [-0.3, -0.25) is 4.98 Å². The number of nitrogens with zero attached hydrogens (tertiary/aromatic N) is 3. The quantitative estimate of drug-likeness (QED) is 0.584. The Morgan fingerprint density at radius 3 is 2.52 bits per heavy atom. The molecule has 1 fully saturated rings. The number of pyridine rings is 1. The number of rotatable bonds is 4. The molecule has 178 valence electrons. The molecule has 2 aliphatic heterocycles. The molecule has 1 N–H and O–H groups in total. The van der Waals surface area contributed by atoms with Crippen LogP contribution in [0.2, 0.25) is 0 Å². The predicted molar refractivity (Wildman–Crippen MR) is 111 cm³/mol. The van der Waals surface area contributed by atoms with Crippen molar-refractivity contribution in [1.29, 1.82) is 0 Å². The Labute approximate surface area is 193 Å². The maximum absolute atomic E-state index is 14.4. The molecule has 0 bridgehead atoms. The molecule has 0 radical (unpaired) electrons. The molecule has 0 aliphatic carbocycles. The summed E-state index contributed by atoms with van der Waals surface area (Å²) < 4.78 is 96.0. The zero-order valence-electron chi connectivity index (χ0n) is 16.8. The second-order valence-electron chi connectivity index (χ2n) is 7.72. The molecule has 33 heavy (non-hydrogen) atoms. The number of amidine groups is 1. The van der Waals surface area contributed by atoms with Gasteiger partial charge in [0.15, 0.2) is 6.10 Å². The summed E-state index contributed by atoms with van der Waals surface area (Å²) in [5.74, 6) is -6.64. The normalized spacial score (nSPS) is 22.4. The van der Waals surface area contributed by atoms with E-state index in [2.05, 4.69) is 26.1 Å². The van der Waals surface area contributed by atoms with E-state index in [-0.39, 0.29) is 30.1 Å². The van der Waals surface area contributed by atoms with Crippen LogP contribution in [0.5, 0.6) is 0 Å². The van der Waals surface area contributed by atoms with E-state index in [0.717, 1.165) is 6.26 Å². The van der Waals surface area contributed by atoms with Gasteiger partial charge in [-0.05, 0) is 22.0 Å². The Morgan fingerprint density at radius 1 is 1.21 bits per heavy atom. The molecule has 1 saturated heterocycles. The third-order valence-electron chi connectivity index (χ3n) is 5.16. The zero-order valence-corrected chi connectivity index (χ0v) is 19.2. The molecule has 0 spiro atoms. The Kier molecular flexibility index (Phi) is 6.12. The Morgan fingerprint density at radius 2 is 1.88 bits per heavy atom. The monoisotopic (exact) mass is 554 g/mol. The maximum atomic E-state index is 14.4. The molecule has 1 aromatic heterocycles. The zero-order chi connectivity index (χ0) is 24.1. The SMILES string of the molecule is CS(=O)(=O)N[C@@H]1CN(C2=NOC(c3ncc(Br)cc3-c3c(F)cc(F)cc3F)C2)CC1(F)F. The predicted octanol–water partition coefficient (Wildman–Crippen LogP) is 3.57. The molecule has 7 nitrogen and oxygen atoms in total. The topological polar surface area (TPSA) is 83.9 Å². The number of nitrogens with one attached hydrogen (secondary N) is 1. The molecule has 2 aromatic rings. The molecule has 0 saturated carbocycles. The number of benzene rings is 1. The molecule has 1 aromatic carbocycles. The van der Waals surface area contributed by atoms with Crippen LogP contribution in [0.25, 0.3) is 11.1 Å². The van der Waals surface area contributed by atoms with Crippen LogP contribution >= 0.6 is 15.9 Å². The lowest BCUT2D eigenvalue weighted by molar-refractivity contribution is -0.00123. The van der Waals surface area contributed by atoms with Gasteiger partial charge in [0.1, 0.15) is 29.3 Å². The summed E-state index contributed by atoms with van der Waals surface area (Å²) in [6, 6.07) is 0.779. The minimum Gasteiger partial charge on any atom is -0.384 e. The number of likely N-dealkylation sites (tertiary alicyclic amines) is 1. The van der Waals surface area contributed by atoms with Crippen LogP contribution in [-0.2, 0) is 14.9 Å². The first-order chi connectivity index (χ1) is 15.3. The Hall–Kier alpha value is -2.32. The largest absolute Gasteiger partial charge is 0.384 e. The van der Waals surface area contributed by atoms with Crippen molar-refractivity contribution >= 4 is 31.8 Å². The van der Waals surface area contributed by atoms with E-state index >= 15 is 0 Å². The van der Waals surface area contributed by atoms with Gasteiger partial charge in [-0.2, -0.15) is 0 Å². The number of oxime groups is 1. The summed E-state index contributed by atoms with van der Waals surface area (Å²) in [5, 5.41) is 3.82. The fraction of sp³-hybridized carbons (Fsp3) is 0.368. The van der Waals surface area contributed by atoms with Crippen molar-refractivity contribution in [3.8, 4) is 11.1 Å². The number of hydrogen-bond acceptors (Lipinski definition) is 6. The van der Waals surface area contributed by atoms with Crippen molar-refractivity contribution in [1.82, 2.24) is 14.6 Å². The van der Waals surface area contributed by atoms with Crippen molar-refractivity contribution in [3.63, 3.8) is 0 Å². The van der Waals surface area contributed by atoms with Gasteiger partial charge in [0.25, 0.3) is 5.92 Å². The molecular weight excluding hydrogens is 539 g/mol. The van der Waals surface area contributed by atoms with E-state index in [1.54, 1.807) is 0 Å². The van der Waals surface area contributed by atoms with Gasteiger partial charge >= 0.3 is 0 Å². The van der Waals surface area contributed by atoms with Gasteiger partial charge in [0.2, 0.25) is 10.0 Å². The van der Waals surface area contributed by atoms with Crippen LogP contribution in [0.4, 0.5) is 22.0 Å². The van der Waals surface area contributed by atoms with Gasteiger partial charge in [-0.1, -0.05) is 5.16 Å². The van der Waals surface area contributed by atoms with Gasteiger partial charge in [0, 0.05) is 34.9 Å². The van der Waals surface area contributed by atoms with Crippen molar-refractivity contribution in [2.24, 2.45) is 5.16 Å². The minimum absolute atomic E-state index is 0.0239. The van der Waals surface area contributed by atoms with Crippen molar-refractivity contribution in [3.05, 3.63) is 52.0 Å². The lowest BCUT2D eigenvalue weighted by atomic mass is 9.98. The summed E-state index contributed by atoms with van der Waals surface area (Å²) in [6.07, 6.45) is 1.11. The maximum Gasteiger partial charge on any atom is 0.282 e. The summed E-state index contributed by atoms with van der Waals surface area (Å²) >= 11 is 3.18. The number of aromatic nitrogens is 1. The van der Waals surface area contributed by atoms with Crippen molar-refractivity contribution < 1.29 is 35.2 Å². The third kappa shape index (κ3) is 4.96. The van der Waals surface area contributed by atoms with E-state index in [1.807, 2.05) is 4.72 Å². The van der Waals surface area contributed by atoms with Crippen LogP contribution < -0.4 is 4.72 Å². The molecule has 4 rings (SSSR count). The summed E-state index contributed by atoms with van der Waals surface area (Å²) in [4.78, 5) is 10.7. The summed E-state index contributed by atoms with van der Waals surface area (Å²) in [5.41, 5.74) is -0.482. The smallest absolute Gasteiger partial charge is 0.282 e. The van der Waals surface area contributed by atoms with Crippen LogP contribution in [-0.4, -0.2) is 55.4 Å². The molecule has 2 atom stereocenters. The van der Waals surface area contributed by atoms with Crippen LogP contribution in [0.1, 0.15) is 18.2 Å². The Balaban J connectivity index is 1.60. The van der Waals surface area contributed by atoms with E-state index in [4.69, 9.17) is 4.84 Å². The highest BCUT2D eigenvalue weighted by atomic mass is 79.9. The fourth-order valence-corrected chi connectivity index (χ4v) is 4.86. The van der Waals surface area contributed by atoms with Gasteiger partial charge < -0.3 is 9.74 Å². The van der Waals surface area contributed by atoms with Crippen molar-refractivity contribution in [2.45, 2.75) is 24.5 Å². The highest BCUT2D eigenvalue weighted by molar-refractivity contribution is 9.10. The van der Waals surface area contributed by atoms with E-state index in [9.17, 15) is 30.4 Å². The summed E-state index contributed by atoms with van der Waals surface area (Å²) in [6.45, 7) is -1.15. The highest BCUT2D eigenvalue weighted by Crippen LogP contribution is 2.39. The van der Waals surface area contributed by atoms with E-state index in [0.29, 0.717) is 16.6 Å². The number of alkyl halides is 2. The number of halogens is 6. The van der Waals surface area contributed by atoms with Gasteiger partial charge in [-0.25, -0.2) is 35.1 Å². The first-order valence-corrected chi connectivity index (χ1v) is 12.2. The molecular formula is C19H16BrF5N4O3S. The Bertz CT molecular complexity index is 1220. The molecule has 0 amide bonds. The second-order valence-corrected chi connectivity index (χ2v) is 10.4. The van der Waals surface area contributed by atoms with Crippen LogP contribution in [0.3, 0.4) is 0 Å². The van der Waals surface area contributed by atoms with Crippen LogP contribution in [0.15, 0.2) is 34.0 Å². The molecule has 14 heteroatoms. The second kappa shape index (κ2) is 8.47. The van der Waals surface area contributed by atoms with Gasteiger partial charge in [0.05, 0.1) is 30.5 Å². The average molecular weight is 555 g/mol. The van der Waals surface area contributed by atoms with E-state index < -0.39 is 57.7 Å².